The molecule has 0 saturated carbocycles. The maximum absolute atomic E-state index is 13.2. The number of benzene rings is 4. The summed E-state index contributed by atoms with van der Waals surface area (Å²) in [4.78, 5) is 91.4. The van der Waals surface area contributed by atoms with E-state index in [0.717, 1.165) is 221 Å². The van der Waals surface area contributed by atoms with E-state index >= 15 is 0 Å². The molecule has 0 spiro atoms. The third-order valence-electron chi connectivity index (χ3n) is 31.3. The van der Waals surface area contributed by atoms with Crippen molar-refractivity contribution in [1.82, 2.24) is 87.5 Å². The molecule has 1 amide bonds. The van der Waals surface area contributed by atoms with E-state index < -0.39 is 11.6 Å². The second-order valence-electron chi connectivity index (χ2n) is 42.7. The maximum atomic E-state index is 13.2. The molecular formula is C124H152N18O7. The van der Waals surface area contributed by atoms with Gasteiger partial charge in [-0.1, -0.05) is 176 Å². The average molecular weight is 2010 g/mol. The number of pyridine rings is 8. The number of aromatic nitrogens is 12. The number of ether oxygens (including phenoxy) is 3. The number of carbonyl (C=O) groups is 3. The molecule has 4 unspecified atom stereocenters. The Morgan fingerprint density at radius 2 is 0.651 bits per heavy atom. The lowest BCUT2D eigenvalue weighted by Crippen LogP contribution is -2.42. The van der Waals surface area contributed by atoms with E-state index in [1.54, 1.807) is 0 Å². The van der Waals surface area contributed by atoms with Gasteiger partial charge in [0, 0.05) is 155 Å². The van der Waals surface area contributed by atoms with Gasteiger partial charge in [0.05, 0.1) is 143 Å². The molecular weight excluding hydrogens is 1850 g/mol. The number of esters is 1. The van der Waals surface area contributed by atoms with Crippen molar-refractivity contribution in [1.29, 1.82) is 0 Å². The number of fused-ring (bicyclic) bond motifs is 16. The highest BCUT2D eigenvalue weighted by Crippen LogP contribution is 2.43. The molecule has 4 atom stereocenters. The number of aliphatic carboxylic acids is 1. The Bertz CT molecular complexity index is 7230. The molecule has 2 saturated heterocycles. The third-order valence-corrected chi connectivity index (χ3v) is 31.3. The van der Waals surface area contributed by atoms with Gasteiger partial charge in [0.15, 0.2) is 0 Å². The average Bonchev–Trinajstić information content (AvgIpc) is 1.62. The van der Waals surface area contributed by atoms with Crippen LogP contribution in [0.5, 0.6) is 0 Å². The van der Waals surface area contributed by atoms with Gasteiger partial charge in [0.2, 0.25) is 5.91 Å². The van der Waals surface area contributed by atoms with Crippen LogP contribution < -0.4 is 0 Å². The van der Waals surface area contributed by atoms with E-state index in [0.29, 0.717) is 57.0 Å². The summed E-state index contributed by atoms with van der Waals surface area (Å²) in [6.07, 6.45) is 44.1. The minimum absolute atomic E-state index is 0.0707. The molecule has 25 nitrogen and oxygen atoms in total. The van der Waals surface area contributed by atoms with Crippen molar-refractivity contribution in [2.75, 3.05) is 85.3 Å². The van der Waals surface area contributed by atoms with Gasteiger partial charge in [-0.25, -0.2) is 0 Å². The third kappa shape index (κ3) is 25.2. The van der Waals surface area contributed by atoms with Gasteiger partial charge in [-0.05, 0) is 245 Å². The first-order chi connectivity index (χ1) is 73.0. The summed E-state index contributed by atoms with van der Waals surface area (Å²) >= 11 is 0. The van der Waals surface area contributed by atoms with Crippen LogP contribution in [0.1, 0.15) is 269 Å². The van der Waals surface area contributed by atoms with Crippen LogP contribution in [0.3, 0.4) is 0 Å². The molecule has 12 aromatic heterocycles. The minimum Gasteiger partial charge on any atom is -0.480 e. The zero-order chi connectivity index (χ0) is 103. The van der Waals surface area contributed by atoms with Crippen molar-refractivity contribution < 1.29 is 33.7 Å². The van der Waals surface area contributed by atoms with E-state index in [2.05, 4.69) is 201 Å². The van der Waals surface area contributed by atoms with Crippen LogP contribution in [0.2, 0.25) is 0 Å². The molecule has 0 radical (unpaired) electrons. The van der Waals surface area contributed by atoms with Gasteiger partial charge in [-0.15, -0.1) is 0 Å². The first-order valence-electron chi connectivity index (χ1n) is 55.8. The summed E-state index contributed by atoms with van der Waals surface area (Å²) in [5.74, 6) is -0.956. The summed E-state index contributed by atoms with van der Waals surface area (Å²) in [5, 5.41) is 18.9. The van der Waals surface area contributed by atoms with E-state index in [1.165, 1.54) is 180 Å². The fraction of sp³-hybridized carbons (Fsp3) is 0.460. The first-order valence-corrected chi connectivity index (χ1v) is 55.8. The van der Waals surface area contributed by atoms with Gasteiger partial charge in [0.25, 0.3) is 0 Å². The molecule has 22 rings (SSSR count). The molecule has 16 aromatic rings. The summed E-state index contributed by atoms with van der Waals surface area (Å²) in [7, 11) is 0. The lowest BCUT2D eigenvalue weighted by Gasteiger charge is -2.35. The molecule has 149 heavy (non-hydrogen) atoms. The van der Waals surface area contributed by atoms with Crippen LogP contribution in [-0.4, -0.2) is 201 Å². The molecule has 1 N–H and O–H groups in total. The minimum atomic E-state index is -0.850. The summed E-state index contributed by atoms with van der Waals surface area (Å²) in [5.41, 5.74) is 22.8. The van der Waals surface area contributed by atoms with E-state index in [4.69, 9.17) is 54.1 Å². The molecule has 2 fully saturated rings. The van der Waals surface area contributed by atoms with Crippen molar-refractivity contribution in [2.45, 2.75) is 285 Å². The number of carboxylic acids is 1. The number of para-hydroxylation sites is 4. The normalized spacial score (nSPS) is 16.9. The van der Waals surface area contributed by atoms with Crippen LogP contribution in [0, 0.1) is 0 Å². The molecule has 4 aliphatic carbocycles. The monoisotopic (exact) mass is 2010 g/mol. The van der Waals surface area contributed by atoms with Crippen molar-refractivity contribution in [3.63, 3.8) is 0 Å². The van der Waals surface area contributed by atoms with Crippen LogP contribution in [0.4, 0.5) is 0 Å². The van der Waals surface area contributed by atoms with Crippen LogP contribution in [-0.2, 0) is 107 Å². The number of hydrogen-bond acceptors (Lipinski definition) is 19. The zero-order valence-electron chi connectivity index (χ0n) is 88.9. The number of hydrogen-bond donors (Lipinski definition) is 1. The molecule has 2 aliphatic heterocycles. The fourth-order valence-electron chi connectivity index (χ4n) is 24.0. The zero-order valence-corrected chi connectivity index (χ0v) is 88.9. The Balaban J connectivity index is 0.000000125. The molecule has 6 aliphatic rings. The highest BCUT2D eigenvalue weighted by atomic mass is 16.6. The Kier molecular flexibility index (Phi) is 35.5. The largest absolute Gasteiger partial charge is 0.480 e. The van der Waals surface area contributed by atoms with Crippen molar-refractivity contribution in [3.05, 3.63) is 287 Å². The van der Waals surface area contributed by atoms with Crippen molar-refractivity contribution in [3.8, 4) is 0 Å². The Morgan fingerprint density at radius 1 is 0.349 bits per heavy atom. The fourth-order valence-corrected chi connectivity index (χ4v) is 24.0. The Hall–Kier alpha value is -12.6. The van der Waals surface area contributed by atoms with Crippen molar-refractivity contribution >= 4 is 105 Å². The van der Waals surface area contributed by atoms with E-state index in [1.807, 2.05) is 115 Å². The van der Waals surface area contributed by atoms with Gasteiger partial charge < -0.3 is 42.5 Å². The topological polar surface area (TPSA) is 241 Å². The molecule has 0 bridgehead atoms. The number of carboxylic acid groups (broad SMARTS) is 1. The second-order valence-corrected chi connectivity index (χ2v) is 42.7. The summed E-state index contributed by atoms with van der Waals surface area (Å²) < 4.78 is 25.1. The van der Waals surface area contributed by atoms with Crippen LogP contribution >= 0.6 is 0 Å². The lowest BCUT2D eigenvalue weighted by atomic mass is 9.90. The Morgan fingerprint density at radius 3 is 0.973 bits per heavy atom. The van der Waals surface area contributed by atoms with Crippen molar-refractivity contribution in [2.24, 2.45) is 0 Å². The number of unbranched alkanes of at least 4 members (excludes halogenated alkanes) is 8. The van der Waals surface area contributed by atoms with Gasteiger partial charge in [0.1, 0.15) is 25.2 Å². The molecule has 25 heteroatoms. The van der Waals surface area contributed by atoms with E-state index in [-0.39, 0.29) is 25.0 Å². The standard InChI is InChI=1S/C32H39N5O2.C32H41N5O.C32H40N4O2.C28H32N4O2/c1-2-3-6-15-36(29-13-7-9-24-10-8-14-33-32(24)29)22-25-20-27-26-11-4-5-12-28(26)37(30(27)21-34-25)23-31(38)35-16-18-39-19-17-35;1-2-3-6-15-36(30-13-7-9-25-10-8-14-33-32(25)30)24-26-22-28-27-11-4-5-12-29(27)37(31(28)23-34-26)17-16-35-18-20-38-21-19-35;1-5-6-9-18-35(28-16-10-12-23-13-11-17-33-31(23)28)21-24-19-26-25-14-7-8-15-27(25)36(29(26)20-34-24)22-30(37)38-32(2,3)4;1-2-3-6-15-31(25-13-7-9-20-10-8-14-29-28(20)25)18-21-16-23-22-11-4-5-12-24(22)32(19-27(33)34)26(23)17-30-21/h4-5,8,10-12,14,20-21,29H,2-3,6-7,9,13,15-19,22-23H2,1H3;4-5,8,10-12,14,22-23,30H,2-3,6-7,9,13,15-21,24H2,1H3;7-8,11,13-15,17,19-20,28H,5-6,9-10,12,16,18,21-22H2,1-4H3;4-5,8,10-12,14,16-17,25H,2-3,6-7,9,13,15,18-19H2,1H3,(H,33,34). The first kappa shape index (κ1) is 105. The summed E-state index contributed by atoms with van der Waals surface area (Å²) in [6.45, 7) is 30.8. The predicted molar refractivity (Wildman–Crippen MR) is 596 cm³/mol. The van der Waals surface area contributed by atoms with Gasteiger partial charge in [-0.3, -0.25) is 78.8 Å². The lowest BCUT2D eigenvalue weighted by molar-refractivity contribution is -0.155. The number of aryl methyl sites for hydroxylation is 4. The number of nitrogens with zero attached hydrogens (tertiary/aromatic N) is 18. The number of carbonyl (C=O) groups excluding carboxylic acids is 2. The quantitative estimate of drug-likeness (QED) is 0.0281. The molecule has 4 aromatic carbocycles. The highest BCUT2D eigenvalue weighted by Gasteiger charge is 2.35. The number of morpholine rings is 2. The van der Waals surface area contributed by atoms with Gasteiger partial charge in [-0.2, -0.15) is 0 Å². The van der Waals surface area contributed by atoms with Crippen LogP contribution in [0.15, 0.2) is 219 Å². The van der Waals surface area contributed by atoms with Gasteiger partial charge >= 0.3 is 11.9 Å². The second kappa shape index (κ2) is 50.4. The van der Waals surface area contributed by atoms with E-state index in [9.17, 15) is 19.5 Å². The predicted octanol–water partition coefficient (Wildman–Crippen LogP) is 24.2. The smallest absolute Gasteiger partial charge is 0.326 e. The molecule has 14 heterocycles. The highest BCUT2D eigenvalue weighted by molar-refractivity contribution is 6.11. The van der Waals surface area contributed by atoms with Crippen LogP contribution in [0.25, 0.3) is 87.2 Å². The number of rotatable bonds is 37. The maximum Gasteiger partial charge on any atom is 0.326 e. The summed E-state index contributed by atoms with van der Waals surface area (Å²) in [6, 6.07) is 61.1. The molecule has 780 valence electrons. The number of amides is 1. The Labute approximate surface area is 878 Å². The SMILES string of the molecule is CCCCCN(Cc1cc2c3ccccc3n(CC(=O)N3CCOCC3)c2cn1)C1CCCc2cccnc21.CCCCCN(Cc1cc2c3ccccc3n(CC(=O)O)c2cn1)C1CCCc2cccnc21.CCCCCN(Cc1cc2c3ccccc3n(CC(=O)OC(C)(C)C)c2cn1)C1CCCc2cccnc21.CCCCCN(Cc1cc2c3ccccc3n(CCN3CCOCC3)c2cn1)C1CCCc2cccnc21.